The van der Waals surface area contributed by atoms with Gasteiger partial charge in [-0.25, -0.2) is 9.07 Å². The van der Waals surface area contributed by atoms with Crippen molar-refractivity contribution in [3.63, 3.8) is 0 Å². The summed E-state index contributed by atoms with van der Waals surface area (Å²) in [7, 11) is 0. The van der Waals surface area contributed by atoms with Gasteiger partial charge in [-0.05, 0) is 68.3 Å². The molecular weight excluding hydrogens is 345 g/mol. The highest BCUT2D eigenvalue weighted by molar-refractivity contribution is 5.94. The first-order valence-electron chi connectivity index (χ1n) is 8.59. The molecule has 2 aromatic carbocycles. The van der Waals surface area contributed by atoms with Gasteiger partial charge in [-0.2, -0.15) is 5.10 Å². The molecule has 138 valence electrons. The molecule has 0 aliphatic rings. The Kier molecular flexibility index (Phi) is 5.16. The molecule has 0 aliphatic heterocycles. The first kappa shape index (κ1) is 18.5. The summed E-state index contributed by atoms with van der Waals surface area (Å²) in [5.74, 6) is -0.692. The number of halogens is 1. The third-order valence-corrected chi connectivity index (χ3v) is 4.36. The summed E-state index contributed by atoms with van der Waals surface area (Å²) in [5, 5.41) is 7.15. The smallest absolute Gasteiger partial charge is 0.267 e. The van der Waals surface area contributed by atoms with Crippen LogP contribution in [0.3, 0.4) is 0 Å². The second-order valence-electron chi connectivity index (χ2n) is 6.49. The SMILES string of the molecule is Cc1ccc(C)c(NC(=O)C(C)n2nc(-c3ccc(F)cc3)ccc2=O)c1. The maximum absolute atomic E-state index is 13.1. The molecule has 3 aromatic rings. The molecule has 1 atom stereocenters. The van der Waals surface area contributed by atoms with Crippen LogP contribution in [0.25, 0.3) is 11.3 Å². The summed E-state index contributed by atoms with van der Waals surface area (Å²) in [6, 6.07) is 13.7. The Morgan fingerprint density at radius 1 is 1.07 bits per heavy atom. The number of anilines is 1. The molecule has 0 radical (unpaired) electrons. The molecule has 3 rings (SSSR count). The largest absolute Gasteiger partial charge is 0.324 e. The van der Waals surface area contributed by atoms with Crippen LogP contribution in [0.1, 0.15) is 24.1 Å². The molecule has 0 aliphatic carbocycles. The lowest BCUT2D eigenvalue weighted by atomic mass is 10.1. The monoisotopic (exact) mass is 365 g/mol. The molecule has 1 amide bonds. The number of nitrogens with one attached hydrogen (secondary N) is 1. The highest BCUT2D eigenvalue weighted by Gasteiger charge is 2.19. The lowest BCUT2D eigenvalue weighted by molar-refractivity contribution is -0.119. The van der Waals surface area contributed by atoms with Crippen LogP contribution in [0.2, 0.25) is 0 Å². The number of hydrogen-bond donors (Lipinski definition) is 1. The van der Waals surface area contributed by atoms with Gasteiger partial charge in [0.05, 0.1) is 5.69 Å². The van der Waals surface area contributed by atoms with Gasteiger partial charge in [0.15, 0.2) is 0 Å². The maximum Gasteiger partial charge on any atom is 0.267 e. The van der Waals surface area contributed by atoms with E-state index in [0.29, 0.717) is 16.9 Å². The number of aryl methyl sites for hydroxylation is 2. The first-order chi connectivity index (χ1) is 12.8. The van der Waals surface area contributed by atoms with Crippen molar-refractivity contribution >= 4 is 11.6 Å². The Morgan fingerprint density at radius 2 is 1.78 bits per heavy atom. The Morgan fingerprint density at radius 3 is 2.48 bits per heavy atom. The van der Waals surface area contributed by atoms with E-state index in [1.54, 1.807) is 25.1 Å². The number of rotatable bonds is 4. The number of benzene rings is 2. The van der Waals surface area contributed by atoms with E-state index < -0.39 is 6.04 Å². The third kappa shape index (κ3) is 4.11. The molecule has 0 fully saturated rings. The number of carbonyl (C=O) groups excluding carboxylic acids is 1. The van der Waals surface area contributed by atoms with Gasteiger partial charge in [-0.15, -0.1) is 0 Å². The summed E-state index contributed by atoms with van der Waals surface area (Å²) in [4.78, 5) is 24.9. The number of aromatic nitrogens is 2. The summed E-state index contributed by atoms with van der Waals surface area (Å²) >= 11 is 0. The molecule has 6 heteroatoms. The minimum absolute atomic E-state index is 0.338. The van der Waals surface area contributed by atoms with E-state index in [9.17, 15) is 14.0 Å². The highest BCUT2D eigenvalue weighted by atomic mass is 19.1. The normalized spacial score (nSPS) is 11.9. The lowest BCUT2D eigenvalue weighted by Crippen LogP contribution is -2.33. The van der Waals surface area contributed by atoms with Gasteiger partial charge >= 0.3 is 0 Å². The molecule has 0 bridgehead atoms. The predicted octanol–water partition coefficient (Wildman–Crippen LogP) is 3.87. The van der Waals surface area contributed by atoms with Crippen LogP contribution in [0.15, 0.2) is 59.4 Å². The van der Waals surface area contributed by atoms with Gasteiger partial charge < -0.3 is 5.32 Å². The summed E-state index contributed by atoms with van der Waals surface area (Å²) in [6.45, 7) is 5.46. The van der Waals surface area contributed by atoms with Crippen molar-refractivity contribution in [3.05, 3.63) is 81.9 Å². The molecule has 5 nitrogen and oxygen atoms in total. The second kappa shape index (κ2) is 7.53. The van der Waals surface area contributed by atoms with Gasteiger partial charge in [-0.3, -0.25) is 9.59 Å². The Balaban J connectivity index is 1.89. The minimum atomic E-state index is -0.808. The van der Waals surface area contributed by atoms with Crippen LogP contribution in [-0.2, 0) is 4.79 Å². The fourth-order valence-electron chi connectivity index (χ4n) is 2.70. The molecule has 1 aromatic heterocycles. The van der Waals surface area contributed by atoms with Crippen molar-refractivity contribution in [2.75, 3.05) is 5.32 Å². The quantitative estimate of drug-likeness (QED) is 0.763. The molecule has 0 spiro atoms. The average Bonchev–Trinajstić information content (AvgIpc) is 2.65. The fourth-order valence-corrected chi connectivity index (χ4v) is 2.70. The number of nitrogens with zero attached hydrogens (tertiary/aromatic N) is 2. The van der Waals surface area contributed by atoms with Gasteiger partial charge in [0, 0.05) is 17.3 Å². The van der Waals surface area contributed by atoms with Crippen molar-refractivity contribution in [2.24, 2.45) is 0 Å². The Bertz CT molecular complexity index is 1040. The highest BCUT2D eigenvalue weighted by Crippen LogP contribution is 2.19. The number of hydrogen-bond acceptors (Lipinski definition) is 3. The summed E-state index contributed by atoms with van der Waals surface area (Å²) in [5.41, 5.74) is 3.42. The number of carbonyl (C=O) groups is 1. The molecule has 1 heterocycles. The second-order valence-corrected chi connectivity index (χ2v) is 6.49. The van der Waals surface area contributed by atoms with E-state index in [4.69, 9.17) is 0 Å². The average molecular weight is 365 g/mol. The van der Waals surface area contributed by atoms with E-state index in [-0.39, 0.29) is 17.3 Å². The minimum Gasteiger partial charge on any atom is -0.324 e. The fraction of sp³-hybridized carbons (Fsp3) is 0.190. The van der Waals surface area contributed by atoms with Gasteiger partial charge in [0.1, 0.15) is 11.9 Å². The van der Waals surface area contributed by atoms with Crippen molar-refractivity contribution in [1.29, 1.82) is 0 Å². The zero-order valence-corrected chi connectivity index (χ0v) is 15.4. The molecule has 0 saturated heterocycles. The van der Waals surface area contributed by atoms with Crippen molar-refractivity contribution in [1.82, 2.24) is 9.78 Å². The summed E-state index contributed by atoms with van der Waals surface area (Å²) in [6.07, 6.45) is 0. The molecule has 1 N–H and O–H groups in total. The van der Waals surface area contributed by atoms with Crippen molar-refractivity contribution in [3.8, 4) is 11.3 Å². The first-order valence-corrected chi connectivity index (χ1v) is 8.59. The Labute approximate surface area is 156 Å². The van der Waals surface area contributed by atoms with Crippen molar-refractivity contribution < 1.29 is 9.18 Å². The van der Waals surface area contributed by atoms with E-state index in [2.05, 4.69) is 10.4 Å². The van der Waals surface area contributed by atoms with Crippen LogP contribution in [0, 0.1) is 19.7 Å². The number of amides is 1. The van der Waals surface area contributed by atoms with Crippen LogP contribution in [0.5, 0.6) is 0 Å². The van der Waals surface area contributed by atoms with E-state index in [0.717, 1.165) is 15.8 Å². The maximum atomic E-state index is 13.1. The zero-order valence-electron chi connectivity index (χ0n) is 15.4. The zero-order chi connectivity index (χ0) is 19.6. The van der Waals surface area contributed by atoms with E-state index in [1.807, 2.05) is 32.0 Å². The van der Waals surface area contributed by atoms with Gasteiger partial charge in [0.25, 0.3) is 5.56 Å². The molecule has 1 unspecified atom stereocenters. The van der Waals surface area contributed by atoms with E-state index >= 15 is 0 Å². The van der Waals surface area contributed by atoms with Crippen LogP contribution in [0.4, 0.5) is 10.1 Å². The van der Waals surface area contributed by atoms with E-state index in [1.165, 1.54) is 18.2 Å². The predicted molar refractivity (Wildman–Crippen MR) is 103 cm³/mol. The van der Waals surface area contributed by atoms with Crippen LogP contribution < -0.4 is 10.9 Å². The summed E-state index contributed by atoms with van der Waals surface area (Å²) < 4.78 is 14.3. The Hall–Kier alpha value is -3.28. The standard InChI is InChI=1S/C21H20FN3O2/c1-13-4-5-14(2)19(12-13)23-21(27)15(3)25-20(26)11-10-18(24-25)16-6-8-17(22)9-7-16/h4-12,15H,1-3H3,(H,23,27). The van der Waals surface area contributed by atoms with Gasteiger partial charge in [0.2, 0.25) is 5.91 Å². The van der Waals surface area contributed by atoms with Gasteiger partial charge in [-0.1, -0.05) is 12.1 Å². The molecule has 27 heavy (non-hydrogen) atoms. The van der Waals surface area contributed by atoms with Crippen LogP contribution in [-0.4, -0.2) is 15.7 Å². The third-order valence-electron chi connectivity index (χ3n) is 4.36. The molecular formula is C21H20FN3O2. The van der Waals surface area contributed by atoms with Crippen molar-refractivity contribution in [2.45, 2.75) is 26.8 Å². The lowest BCUT2D eigenvalue weighted by Gasteiger charge is -2.16. The van der Waals surface area contributed by atoms with Crippen LogP contribution >= 0.6 is 0 Å². The molecule has 0 saturated carbocycles. The topological polar surface area (TPSA) is 64.0 Å².